The fourth-order valence-corrected chi connectivity index (χ4v) is 2.81. The van der Waals surface area contributed by atoms with Crippen LogP contribution >= 0.6 is 15.9 Å². The van der Waals surface area contributed by atoms with E-state index in [0.717, 1.165) is 21.3 Å². The lowest BCUT2D eigenvalue weighted by molar-refractivity contribution is 0.216. The van der Waals surface area contributed by atoms with Crippen LogP contribution < -0.4 is 9.47 Å². The molecule has 0 fully saturated rings. The van der Waals surface area contributed by atoms with Gasteiger partial charge >= 0.3 is 0 Å². The fraction of sp³-hybridized carbons (Fsp3) is 0.600. The summed E-state index contributed by atoms with van der Waals surface area (Å²) in [6, 6.07) is 2.02. The summed E-state index contributed by atoms with van der Waals surface area (Å²) in [7, 11) is 3.27. The minimum atomic E-state index is -0.332. The lowest BCUT2D eigenvalue weighted by Crippen LogP contribution is -2.25. The zero-order chi connectivity index (χ0) is 14.8. The number of hydrogen-bond acceptors (Lipinski definition) is 3. The number of methoxy groups -OCH3 is 2. The van der Waals surface area contributed by atoms with Gasteiger partial charge in [0.2, 0.25) is 0 Å². The average molecular weight is 331 g/mol. The monoisotopic (exact) mass is 330 g/mol. The Kier molecular flexibility index (Phi) is 5.27. The van der Waals surface area contributed by atoms with Crippen LogP contribution in [0.3, 0.4) is 0 Å². The van der Waals surface area contributed by atoms with E-state index in [9.17, 15) is 5.11 Å². The van der Waals surface area contributed by atoms with Crippen molar-refractivity contribution in [1.29, 1.82) is 0 Å². The van der Waals surface area contributed by atoms with Gasteiger partial charge in [-0.2, -0.15) is 0 Å². The van der Waals surface area contributed by atoms with Crippen LogP contribution in [-0.4, -0.2) is 25.9 Å². The number of halogens is 1. The topological polar surface area (TPSA) is 38.7 Å². The van der Waals surface area contributed by atoms with E-state index in [2.05, 4.69) is 29.8 Å². The molecule has 19 heavy (non-hydrogen) atoms. The standard InChI is InChI=1S/C15H23BrO3/c1-9(2)12-10(15(3,4)8-17)7-11(16)13(18-5)14(12)19-6/h7,9,17H,8H2,1-6H3. The predicted molar refractivity (Wildman–Crippen MR) is 81.4 cm³/mol. The van der Waals surface area contributed by atoms with Gasteiger partial charge in [-0.15, -0.1) is 0 Å². The lowest BCUT2D eigenvalue weighted by atomic mass is 9.79. The van der Waals surface area contributed by atoms with Crippen molar-refractivity contribution in [3.63, 3.8) is 0 Å². The van der Waals surface area contributed by atoms with Crippen LogP contribution in [0, 0.1) is 0 Å². The first-order valence-electron chi connectivity index (χ1n) is 6.35. The van der Waals surface area contributed by atoms with E-state index in [1.807, 2.05) is 19.9 Å². The minimum Gasteiger partial charge on any atom is -0.493 e. The molecule has 108 valence electrons. The second-order valence-corrected chi connectivity index (χ2v) is 6.44. The van der Waals surface area contributed by atoms with E-state index in [1.54, 1.807) is 14.2 Å². The van der Waals surface area contributed by atoms with Gasteiger partial charge in [0.25, 0.3) is 0 Å². The van der Waals surface area contributed by atoms with Crippen LogP contribution in [0.4, 0.5) is 0 Å². The molecule has 0 amide bonds. The van der Waals surface area contributed by atoms with Gasteiger partial charge in [0, 0.05) is 11.0 Å². The van der Waals surface area contributed by atoms with Gasteiger partial charge < -0.3 is 14.6 Å². The van der Waals surface area contributed by atoms with Crippen molar-refractivity contribution < 1.29 is 14.6 Å². The predicted octanol–water partition coefficient (Wildman–Crippen LogP) is 3.86. The second-order valence-electron chi connectivity index (χ2n) is 5.58. The molecule has 0 spiro atoms. The van der Waals surface area contributed by atoms with Crippen LogP contribution in [0.25, 0.3) is 0 Å². The van der Waals surface area contributed by atoms with E-state index in [-0.39, 0.29) is 17.9 Å². The maximum absolute atomic E-state index is 9.65. The molecule has 1 rings (SSSR count). The van der Waals surface area contributed by atoms with Crippen molar-refractivity contribution in [3.8, 4) is 11.5 Å². The van der Waals surface area contributed by atoms with Gasteiger partial charge in [-0.3, -0.25) is 0 Å². The highest BCUT2D eigenvalue weighted by molar-refractivity contribution is 9.10. The molecule has 1 aromatic rings. The summed E-state index contributed by atoms with van der Waals surface area (Å²) in [5.41, 5.74) is 1.83. The molecule has 0 aliphatic carbocycles. The fourth-order valence-electron chi connectivity index (χ4n) is 2.23. The van der Waals surface area contributed by atoms with Crippen LogP contribution in [-0.2, 0) is 5.41 Å². The van der Waals surface area contributed by atoms with Crippen molar-refractivity contribution in [1.82, 2.24) is 0 Å². The molecule has 0 aromatic heterocycles. The van der Waals surface area contributed by atoms with Crippen LogP contribution in [0.1, 0.15) is 44.7 Å². The molecule has 0 bridgehead atoms. The number of aliphatic hydroxyl groups is 1. The lowest BCUT2D eigenvalue weighted by Gasteiger charge is -2.29. The number of rotatable bonds is 5. The summed E-state index contributed by atoms with van der Waals surface area (Å²) in [6.45, 7) is 8.35. The molecular formula is C15H23BrO3. The first kappa shape index (κ1) is 16.3. The highest BCUT2D eigenvalue weighted by atomic mass is 79.9. The SMILES string of the molecule is COc1c(Br)cc(C(C)(C)CO)c(C(C)C)c1OC. The molecule has 0 saturated carbocycles. The normalized spacial score (nSPS) is 11.8. The summed E-state index contributed by atoms with van der Waals surface area (Å²) >= 11 is 3.52. The Morgan fingerprint density at radius 1 is 1.21 bits per heavy atom. The van der Waals surface area contributed by atoms with Crippen molar-refractivity contribution in [3.05, 3.63) is 21.7 Å². The molecule has 1 aromatic carbocycles. The molecule has 3 nitrogen and oxygen atoms in total. The third-order valence-corrected chi connectivity index (χ3v) is 3.93. The number of hydrogen-bond donors (Lipinski definition) is 1. The Balaban J connectivity index is 3.69. The summed E-state index contributed by atoms with van der Waals surface area (Å²) < 4.78 is 11.8. The number of ether oxygens (including phenoxy) is 2. The minimum absolute atomic E-state index is 0.0780. The smallest absolute Gasteiger partial charge is 0.175 e. The third-order valence-electron chi connectivity index (χ3n) is 3.34. The Morgan fingerprint density at radius 2 is 1.74 bits per heavy atom. The van der Waals surface area contributed by atoms with Gasteiger partial charge in [-0.25, -0.2) is 0 Å². The van der Waals surface area contributed by atoms with E-state index in [4.69, 9.17) is 9.47 Å². The third kappa shape index (κ3) is 3.06. The Labute approximate surface area is 124 Å². The van der Waals surface area contributed by atoms with Crippen molar-refractivity contribution in [2.45, 2.75) is 39.0 Å². The molecule has 1 N–H and O–H groups in total. The largest absolute Gasteiger partial charge is 0.493 e. The first-order chi connectivity index (χ1) is 8.80. The molecular weight excluding hydrogens is 308 g/mol. The first-order valence-corrected chi connectivity index (χ1v) is 7.15. The molecule has 0 atom stereocenters. The summed E-state index contributed by atoms with van der Waals surface area (Å²) in [6.07, 6.45) is 0. The van der Waals surface area contributed by atoms with Gasteiger partial charge in [-0.05, 0) is 33.5 Å². The van der Waals surface area contributed by atoms with Crippen LogP contribution in [0.5, 0.6) is 11.5 Å². The van der Waals surface area contributed by atoms with Crippen LogP contribution in [0.15, 0.2) is 10.5 Å². The van der Waals surface area contributed by atoms with E-state index in [0.29, 0.717) is 5.75 Å². The molecule has 0 radical (unpaired) electrons. The maximum atomic E-state index is 9.65. The van der Waals surface area contributed by atoms with E-state index >= 15 is 0 Å². The highest BCUT2D eigenvalue weighted by Crippen LogP contribution is 2.46. The molecule has 0 aliphatic heterocycles. The highest BCUT2D eigenvalue weighted by Gasteiger charge is 2.29. The average Bonchev–Trinajstić information content (AvgIpc) is 2.36. The maximum Gasteiger partial charge on any atom is 0.175 e. The molecule has 0 heterocycles. The Morgan fingerprint density at radius 3 is 2.11 bits per heavy atom. The number of aliphatic hydroxyl groups excluding tert-OH is 1. The Bertz CT molecular complexity index is 453. The number of benzene rings is 1. The van der Waals surface area contributed by atoms with Crippen molar-refractivity contribution in [2.24, 2.45) is 0 Å². The quantitative estimate of drug-likeness (QED) is 0.890. The molecule has 0 aliphatic rings. The second kappa shape index (κ2) is 6.14. The molecule has 0 saturated heterocycles. The van der Waals surface area contributed by atoms with E-state index in [1.165, 1.54) is 0 Å². The summed E-state index contributed by atoms with van der Waals surface area (Å²) in [5.74, 6) is 1.71. The molecule has 4 heteroatoms. The van der Waals surface area contributed by atoms with Crippen molar-refractivity contribution >= 4 is 15.9 Å². The van der Waals surface area contributed by atoms with Gasteiger partial charge in [-0.1, -0.05) is 27.7 Å². The van der Waals surface area contributed by atoms with Crippen molar-refractivity contribution in [2.75, 3.05) is 20.8 Å². The van der Waals surface area contributed by atoms with Gasteiger partial charge in [0.15, 0.2) is 11.5 Å². The summed E-state index contributed by atoms with van der Waals surface area (Å²) in [5, 5.41) is 9.65. The van der Waals surface area contributed by atoms with Crippen LogP contribution in [0.2, 0.25) is 0 Å². The zero-order valence-corrected chi connectivity index (χ0v) is 14.1. The Hall–Kier alpha value is -0.740. The summed E-state index contributed by atoms with van der Waals surface area (Å²) in [4.78, 5) is 0. The van der Waals surface area contributed by atoms with Gasteiger partial charge in [0.05, 0.1) is 25.3 Å². The van der Waals surface area contributed by atoms with E-state index < -0.39 is 0 Å². The zero-order valence-electron chi connectivity index (χ0n) is 12.5. The van der Waals surface area contributed by atoms with Gasteiger partial charge in [0.1, 0.15) is 0 Å². The molecule has 0 unspecified atom stereocenters.